The van der Waals surface area contributed by atoms with Gasteiger partial charge in [0.15, 0.2) is 0 Å². The third-order valence-electron chi connectivity index (χ3n) is 3.53. The first-order chi connectivity index (χ1) is 7.86. The normalized spacial score (nSPS) is 26.6. The molecule has 3 N–H and O–H groups in total. The molecule has 0 aliphatic heterocycles. The van der Waals surface area contributed by atoms with E-state index < -0.39 is 0 Å². The molecule has 0 aromatic carbocycles. The molecule has 1 aromatic rings. The predicted octanol–water partition coefficient (Wildman–Crippen LogP) is 2.75. The van der Waals surface area contributed by atoms with Crippen LogP contribution in [0.25, 0.3) is 0 Å². The molecule has 2 rings (SSSR count). The lowest BCUT2D eigenvalue weighted by Gasteiger charge is -2.21. The Morgan fingerprint density at radius 1 is 1.31 bits per heavy atom. The van der Waals surface area contributed by atoms with Gasteiger partial charge in [-0.15, -0.1) is 0 Å². The second-order valence-electron chi connectivity index (χ2n) is 4.82. The Kier molecular flexibility index (Phi) is 4.82. The minimum absolute atomic E-state index is 0.414. The van der Waals surface area contributed by atoms with Gasteiger partial charge in [-0.25, -0.2) is 0 Å². The van der Waals surface area contributed by atoms with Crippen LogP contribution in [0.3, 0.4) is 0 Å². The lowest BCUT2D eigenvalue weighted by molar-refractivity contribution is 0.374. The number of hydrogen-bond acceptors (Lipinski definition) is 3. The summed E-state index contributed by atoms with van der Waals surface area (Å²) in [6, 6.07) is 2.60. The van der Waals surface area contributed by atoms with E-state index in [4.69, 9.17) is 5.73 Å². The monoisotopic (exact) mass is 238 g/mol. The molecule has 0 bridgehead atoms. The summed E-state index contributed by atoms with van der Waals surface area (Å²) in [6.45, 7) is 2.07. The van der Waals surface area contributed by atoms with Gasteiger partial charge in [-0.2, -0.15) is 11.3 Å². The van der Waals surface area contributed by atoms with Crippen LogP contribution in [-0.2, 0) is 6.54 Å². The van der Waals surface area contributed by atoms with Gasteiger partial charge in [0.2, 0.25) is 0 Å². The van der Waals surface area contributed by atoms with Crippen molar-refractivity contribution in [3.05, 3.63) is 22.4 Å². The number of thiophene rings is 1. The van der Waals surface area contributed by atoms with Gasteiger partial charge in [-0.3, -0.25) is 0 Å². The van der Waals surface area contributed by atoms with Gasteiger partial charge >= 0.3 is 0 Å². The van der Waals surface area contributed by atoms with E-state index in [9.17, 15) is 0 Å². The molecule has 0 radical (unpaired) electrons. The zero-order valence-corrected chi connectivity index (χ0v) is 10.6. The standard InChI is InChI=1S/C13H22N2S/c14-13-5-3-1-2-4-12(13)9-15-8-11-6-7-16-10-11/h6-7,10,12-13,15H,1-5,8-9,14H2. The van der Waals surface area contributed by atoms with Gasteiger partial charge in [0.25, 0.3) is 0 Å². The predicted molar refractivity (Wildman–Crippen MR) is 70.6 cm³/mol. The van der Waals surface area contributed by atoms with Crippen LogP contribution in [0.2, 0.25) is 0 Å². The third kappa shape index (κ3) is 3.58. The van der Waals surface area contributed by atoms with Gasteiger partial charge in [0.1, 0.15) is 0 Å². The molecule has 1 saturated carbocycles. The minimum Gasteiger partial charge on any atom is -0.327 e. The van der Waals surface area contributed by atoms with Crippen LogP contribution in [0, 0.1) is 5.92 Å². The second kappa shape index (κ2) is 6.38. The van der Waals surface area contributed by atoms with Crippen molar-refractivity contribution >= 4 is 11.3 Å². The average molecular weight is 238 g/mol. The molecule has 0 amide bonds. The molecule has 90 valence electrons. The molecule has 0 spiro atoms. The van der Waals surface area contributed by atoms with Crippen LogP contribution in [0.15, 0.2) is 16.8 Å². The molecule has 1 heterocycles. The van der Waals surface area contributed by atoms with Crippen LogP contribution < -0.4 is 11.1 Å². The summed E-state index contributed by atoms with van der Waals surface area (Å²) in [7, 11) is 0. The molecule has 3 heteroatoms. The zero-order valence-electron chi connectivity index (χ0n) is 9.82. The van der Waals surface area contributed by atoms with E-state index in [1.807, 2.05) is 0 Å². The summed E-state index contributed by atoms with van der Waals surface area (Å²) in [5, 5.41) is 7.88. The van der Waals surface area contributed by atoms with Gasteiger partial charge in [-0.1, -0.05) is 19.3 Å². The fourth-order valence-corrected chi connectivity index (χ4v) is 3.13. The number of rotatable bonds is 4. The summed E-state index contributed by atoms with van der Waals surface area (Å²) in [4.78, 5) is 0. The average Bonchev–Trinajstić information content (AvgIpc) is 2.71. The Balaban J connectivity index is 1.71. The van der Waals surface area contributed by atoms with E-state index >= 15 is 0 Å². The summed E-state index contributed by atoms with van der Waals surface area (Å²) in [5.41, 5.74) is 7.60. The highest BCUT2D eigenvalue weighted by atomic mass is 32.1. The molecule has 16 heavy (non-hydrogen) atoms. The highest BCUT2D eigenvalue weighted by Crippen LogP contribution is 2.21. The van der Waals surface area contributed by atoms with E-state index in [-0.39, 0.29) is 0 Å². The Bertz CT molecular complexity index is 284. The van der Waals surface area contributed by atoms with Gasteiger partial charge < -0.3 is 11.1 Å². The van der Waals surface area contributed by atoms with E-state index in [1.165, 1.54) is 37.7 Å². The smallest absolute Gasteiger partial charge is 0.0213 e. The fraction of sp³-hybridized carbons (Fsp3) is 0.692. The van der Waals surface area contributed by atoms with Crippen LogP contribution in [-0.4, -0.2) is 12.6 Å². The van der Waals surface area contributed by atoms with Gasteiger partial charge in [-0.05, 0) is 47.7 Å². The molecule has 2 unspecified atom stereocenters. The van der Waals surface area contributed by atoms with E-state index in [0.717, 1.165) is 13.1 Å². The molecule has 1 fully saturated rings. The largest absolute Gasteiger partial charge is 0.327 e. The van der Waals surface area contributed by atoms with Gasteiger partial charge in [0.05, 0.1) is 0 Å². The van der Waals surface area contributed by atoms with Crippen molar-refractivity contribution in [1.29, 1.82) is 0 Å². The van der Waals surface area contributed by atoms with E-state index in [0.29, 0.717) is 12.0 Å². The van der Waals surface area contributed by atoms with Crippen LogP contribution in [0.5, 0.6) is 0 Å². The molecular formula is C13H22N2S. The number of nitrogens with two attached hydrogens (primary N) is 1. The highest BCUT2D eigenvalue weighted by Gasteiger charge is 2.19. The van der Waals surface area contributed by atoms with Crippen molar-refractivity contribution in [3.63, 3.8) is 0 Å². The quantitative estimate of drug-likeness (QED) is 0.792. The first kappa shape index (κ1) is 12.1. The third-order valence-corrected chi connectivity index (χ3v) is 4.27. The summed E-state index contributed by atoms with van der Waals surface area (Å²) in [6.07, 6.45) is 6.57. The van der Waals surface area contributed by atoms with Crippen molar-refractivity contribution in [2.75, 3.05) is 6.54 Å². The topological polar surface area (TPSA) is 38.0 Å². The molecule has 1 aliphatic carbocycles. The summed E-state index contributed by atoms with van der Waals surface area (Å²) in [5.74, 6) is 0.682. The number of nitrogens with one attached hydrogen (secondary N) is 1. The maximum atomic E-state index is 6.20. The molecular weight excluding hydrogens is 216 g/mol. The number of hydrogen-bond donors (Lipinski definition) is 2. The van der Waals surface area contributed by atoms with E-state index in [2.05, 4.69) is 22.1 Å². The van der Waals surface area contributed by atoms with Crippen LogP contribution >= 0.6 is 11.3 Å². The summed E-state index contributed by atoms with van der Waals surface area (Å²) < 4.78 is 0. The Morgan fingerprint density at radius 3 is 3.00 bits per heavy atom. The van der Waals surface area contributed by atoms with Crippen molar-refractivity contribution in [2.45, 2.75) is 44.7 Å². The van der Waals surface area contributed by atoms with Crippen molar-refractivity contribution in [3.8, 4) is 0 Å². The summed E-state index contributed by atoms with van der Waals surface area (Å²) >= 11 is 1.76. The molecule has 2 atom stereocenters. The van der Waals surface area contributed by atoms with E-state index in [1.54, 1.807) is 11.3 Å². The highest BCUT2D eigenvalue weighted by molar-refractivity contribution is 7.07. The first-order valence-corrected chi connectivity index (χ1v) is 7.28. The molecule has 0 saturated heterocycles. The van der Waals surface area contributed by atoms with Crippen molar-refractivity contribution in [1.82, 2.24) is 5.32 Å². The fourth-order valence-electron chi connectivity index (χ4n) is 2.46. The van der Waals surface area contributed by atoms with Crippen LogP contribution in [0.4, 0.5) is 0 Å². The SMILES string of the molecule is NC1CCCCCC1CNCc1ccsc1. The van der Waals surface area contributed by atoms with Crippen molar-refractivity contribution in [2.24, 2.45) is 11.7 Å². The Labute approximate surface area is 102 Å². The zero-order chi connectivity index (χ0) is 11.2. The molecule has 1 aliphatic rings. The maximum Gasteiger partial charge on any atom is 0.0213 e. The lowest BCUT2D eigenvalue weighted by atomic mass is 9.95. The Morgan fingerprint density at radius 2 is 2.19 bits per heavy atom. The molecule has 2 nitrogen and oxygen atoms in total. The second-order valence-corrected chi connectivity index (χ2v) is 5.60. The maximum absolute atomic E-state index is 6.20. The minimum atomic E-state index is 0.414. The Hall–Kier alpha value is -0.380. The van der Waals surface area contributed by atoms with Crippen LogP contribution in [0.1, 0.15) is 37.7 Å². The van der Waals surface area contributed by atoms with Crippen molar-refractivity contribution < 1.29 is 0 Å². The first-order valence-electron chi connectivity index (χ1n) is 6.33. The lowest BCUT2D eigenvalue weighted by Crippen LogP contribution is -2.36. The van der Waals surface area contributed by atoms with Gasteiger partial charge in [0, 0.05) is 12.6 Å². The molecule has 1 aromatic heterocycles.